The van der Waals surface area contributed by atoms with Crippen molar-refractivity contribution in [2.24, 2.45) is 12.5 Å². The molecule has 0 atom stereocenters. The Labute approximate surface area is 170 Å². The lowest BCUT2D eigenvalue weighted by Gasteiger charge is -2.54. The molecule has 29 heavy (non-hydrogen) atoms. The lowest BCUT2D eigenvalue weighted by molar-refractivity contribution is -0.0173. The van der Waals surface area contributed by atoms with E-state index in [1.807, 2.05) is 23.6 Å². The Morgan fingerprint density at radius 3 is 2.69 bits per heavy atom. The molecule has 3 aromatic heterocycles. The Bertz CT molecular complexity index is 1320. The third-order valence-electron chi connectivity index (χ3n) is 6.80. The lowest BCUT2D eigenvalue weighted by Crippen LogP contribution is -2.46. The Morgan fingerprint density at radius 1 is 1.21 bits per heavy atom. The summed E-state index contributed by atoms with van der Waals surface area (Å²) in [5.41, 5.74) is 5.65. The molecule has 2 fully saturated rings. The molecule has 1 N–H and O–H groups in total. The first-order valence-electron chi connectivity index (χ1n) is 9.97. The zero-order chi connectivity index (χ0) is 19.8. The highest BCUT2D eigenvalue weighted by Gasteiger charge is 2.49. The van der Waals surface area contributed by atoms with Gasteiger partial charge in [-0.1, -0.05) is 6.42 Å². The summed E-state index contributed by atoms with van der Waals surface area (Å²) in [7, 11) is 1.79. The number of aromatic nitrogens is 6. The SMILES string of the molecule is Cc1cc2nsnc2cc1Nc1ncc2c(n1)n(C1CC3(CCC3)C1)c(=O)n2C. The first kappa shape index (κ1) is 17.1. The molecule has 3 heterocycles. The molecule has 2 saturated carbocycles. The summed E-state index contributed by atoms with van der Waals surface area (Å²) in [5, 5.41) is 3.31. The molecule has 9 heteroatoms. The fourth-order valence-corrected chi connectivity index (χ4v) is 5.43. The molecule has 0 radical (unpaired) electrons. The van der Waals surface area contributed by atoms with E-state index in [-0.39, 0.29) is 11.7 Å². The molecule has 8 nitrogen and oxygen atoms in total. The second-order valence-electron chi connectivity index (χ2n) is 8.57. The number of nitrogens with zero attached hydrogens (tertiary/aromatic N) is 6. The molecule has 1 spiro atoms. The van der Waals surface area contributed by atoms with Gasteiger partial charge in [-0.2, -0.15) is 13.7 Å². The normalized spacial score (nSPS) is 18.3. The van der Waals surface area contributed by atoms with Crippen molar-refractivity contribution in [3.05, 3.63) is 34.4 Å². The number of nitrogens with one attached hydrogen (secondary N) is 1. The van der Waals surface area contributed by atoms with Gasteiger partial charge in [0.15, 0.2) is 5.65 Å². The minimum Gasteiger partial charge on any atom is -0.324 e. The van der Waals surface area contributed by atoms with E-state index in [1.165, 1.54) is 31.0 Å². The van der Waals surface area contributed by atoms with Crippen LogP contribution in [0.1, 0.15) is 43.7 Å². The molecular formula is C20H21N7OS. The van der Waals surface area contributed by atoms with Crippen molar-refractivity contribution in [3.63, 3.8) is 0 Å². The maximum Gasteiger partial charge on any atom is 0.330 e. The molecule has 0 amide bonds. The maximum atomic E-state index is 12.9. The second-order valence-corrected chi connectivity index (χ2v) is 9.10. The van der Waals surface area contributed by atoms with Gasteiger partial charge in [0.05, 0.1) is 17.9 Å². The highest BCUT2D eigenvalue weighted by molar-refractivity contribution is 7.00. The molecule has 6 rings (SSSR count). The van der Waals surface area contributed by atoms with Gasteiger partial charge in [-0.15, -0.1) is 0 Å². The molecule has 0 saturated heterocycles. The monoisotopic (exact) mass is 407 g/mol. The average Bonchev–Trinajstić information content (AvgIpc) is 3.17. The number of imidazole rings is 1. The standard InChI is InChI=1S/C20H21N7OS/c1-11-6-14-15(25-29-24-14)7-13(11)22-18-21-10-16-17(23-18)27(19(28)26(16)2)12-8-20(9-12)4-3-5-20/h6-7,10,12H,3-5,8-9H2,1-2H3,(H,21,22,23). The third kappa shape index (κ3) is 2.46. The van der Waals surface area contributed by atoms with Gasteiger partial charge < -0.3 is 5.32 Å². The van der Waals surface area contributed by atoms with E-state index in [2.05, 4.69) is 19.0 Å². The minimum absolute atomic E-state index is 0.00299. The van der Waals surface area contributed by atoms with Gasteiger partial charge in [-0.25, -0.2) is 9.78 Å². The van der Waals surface area contributed by atoms with Crippen LogP contribution in [0.15, 0.2) is 23.1 Å². The van der Waals surface area contributed by atoms with Gasteiger partial charge in [0.25, 0.3) is 0 Å². The molecule has 1 aromatic carbocycles. The minimum atomic E-state index is -0.00299. The number of hydrogen-bond acceptors (Lipinski definition) is 7. The lowest BCUT2D eigenvalue weighted by atomic mass is 9.54. The van der Waals surface area contributed by atoms with E-state index >= 15 is 0 Å². The number of benzene rings is 1. The first-order valence-corrected chi connectivity index (χ1v) is 10.7. The summed E-state index contributed by atoms with van der Waals surface area (Å²) in [6.45, 7) is 2.02. The Kier molecular flexibility index (Phi) is 3.45. The summed E-state index contributed by atoms with van der Waals surface area (Å²) in [5.74, 6) is 0.486. The number of hydrogen-bond donors (Lipinski definition) is 1. The van der Waals surface area contributed by atoms with Crippen LogP contribution in [0.3, 0.4) is 0 Å². The number of rotatable bonds is 3. The maximum absolute atomic E-state index is 12.9. The number of anilines is 2. The summed E-state index contributed by atoms with van der Waals surface area (Å²) in [6.07, 6.45) is 7.84. The second kappa shape index (κ2) is 5.85. The summed E-state index contributed by atoms with van der Waals surface area (Å²) >= 11 is 1.20. The first-order chi connectivity index (χ1) is 14.0. The highest BCUT2D eigenvalue weighted by Crippen LogP contribution is 2.60. The van der Waals surface area contributed by atoms with Crippen LogP contribution in [0, 0.1) is 12.3 Å². The van der Waals surface area contributed by atoms with Gasteiger partial charge >= 0.3 is 5.69 Å². The van der Waals surface area contributed by atoms with E-state index in [4.69, 9.17) is 4.98 Å². The fourth-order valence-electron chi connectivity index (χ4n) is 4.92. The predicted molar refractivity (Wildman–Crippen MR) is 113 cm³/mol. The molecule has 0 unspecified atom stereocenters. The van der Waals surface area contributed by atoms with Crippen LogP contribution in [0.4, 0.5) is 11.6 Å². The third-order valence-corrected chi connectivity index (χ3v) is 7.35. The van der Waals surface area contributed by atoms with Crippen LogP contribution in [0.2, 0.25) is 0 Å². The molecule has 0 bridgehead atoms. The average molecular weight is 408 g/mol. The van der Waals surface area contributed by atoms with Crippen LogP contribution >= 0.6 is 11.7 Å². The van der Waals surface area contributed by atoms with Crippen LogP contribution in [-0.4, -0.2) is 27.8 Å². The van der Waals surface area contributed by atoms with E-state index in [0.29, 0.717) is 17.0 Å². The van der Waals surface area contributed by atoms with Crippen molar-refractivity contribution in [3.8, 4) is 0 Å². The van der Waals surface area contributed by atoms with Crippen LogP contribution in [-0.2, 0) is 7.05 Å². The highest BCUT2D eigenvalue weighted by atomic mass is 32.1. The number of aryl methyl sites for hydroxylation is 2. The summed E-state index contributed by atoms with van der Waals surface area (Å²) in [4.78, 5) is 22.1. The smallest absolute Gasteiger partial charge is 0.324 e. The van der Waals surface area contributed by atoms with Gasteiger partial charge in [0.1, 0.15) is 16.6 Å². The topological polar surface area (TPSA) is 90.5 Å². The van der Waals surface area contributed by atoms with E-state index < -0.39 is 0 Å². The molecule has 2 aliphatic carbocycles. The quantitative estimate of drug-likeness (QED) is 0.557. The van der Waals surface area contributed by atoms with Crippen molar-refractivity contribution < 1.29 is 0 Å². The van der Waals surface area contributed by atoms with Gasteiger partial charge in [-0.05, 0) is 55.7 Å². The largest absolute Gasteiger partial charge is 0.330 e. The van der Waals surface area contributed by atoms with Crippen molar-refractivity contribution >= 4 is 45.6 Å². The van der Waals surface area contributed by atoms with Crippen molar-refractivity contribution in [2.45, 2.75) is 45.1 Å². The van der Waals surface area contributed by atoms with Gasteiger partial charge in [0, 0.05) is 18.8 Å². The van der Waals surface area contributed by atoms with Crippen LogP contribution in [0.25, 0.3) is 22.2 Å². The van der Waals surface area contributed by atoms with Crippen LogP contribution in [0.5, 0.6) is 0 Å². The Balaban J connectivity index is 1.39. The predicted octanol–water partition coefficient (Wildman–Crippen LogP) is 3.69. The molecule has 2 aliphatic rings. The van der Waals surface area contributed by atoms with E-state index in [0.717, 1.165) is 40.6 Å². The van der Waals surface area contributed by atoms with Crippen molar-refractivity contribution in [1.82, 2.24) is 27.8 Å². The van der Waals surface area contributed by atoms with Crippen molar-refractivity contribution in [1.29, 1.82) is 0 Å². The van der Waals surface area contributed by atoms with Gasteiger partial charge in [-0.3, -0.25) is 9.13 Å². The molecule has 4 aromatic rings. The summed E-state index contributed by atoms with van der Waals surface area (Å²) < 4.78 is 12.1. The van der Waals surface area contributed by atoms with Crippen molar-refractivity contribution in [2.75, 3.05) is 5.32 Å². The molecular weight excluding hydrogens is 386 g/mol. The van der Waals surface area contributed by atoms with Gasteiger partial charge in [0.2, 0.25) is 5.95 Å². The Morgan fingerprint density at radius 2 is 1.97 bits per heavy atom. The zero-order valence-electron chi connectivity index (χ0n) is 16.3. The van der Waals surface area contributed by atoms with Crippen LogP contribution < -0.4 is 11.0 Å². The zero-order valence-corrected chi connectivity index (χ0v) is 17.2. The Hall–Kier alpha value is -2.81. The number of fused-ring (bicyclic) bond motifs is 2. The van der Waals surface area contributed by atoms with E-state index in [9.17, 15) is 4.79 Å². The fraction of sp³-hybridized carbons (Fsp3) is 0.450. The molecule has 0 aliphatic heterocycles. The molecule has 148 valence electrons. The summed E-state index contributed by atoms with van der Waals surface area (Å²) in [6, 6.07) is 4.21. The van der Waals surface area contributed by atoms with E-state index in [1.54, 1.807) is 17.8 Å².